The van der Waals surface area contributed by atoms with Crippen LogP contribution in [0.3, 0.4) is 0 Å². The third-order valence-electron chi connectivity index (χ3n) is 1.08. The van der Waals surface area contributed by atoms with E-state index in [9.17, 15) is 9.36 Å². The molecular weight excluding hydrogens is 143 g/mol. The van der Waals surface area contributed by atoms with Crippen LogP contribution in [-0.2, 0) is 9.36 Å². The number of hydrogen-bond acceptors (Lipinski definition) is 2. The Morgan fingerprint density at radius 2 is 2.00 bits per heavy atom. The molecule has 0 saturated heterocycles. The molecule has 0 bridgehead atoms. The standard InChI is InChI=1S/C4H9O4P/c1-3(4(5)6)9(2,7)8/h3H,1-2H3,(H,5,6)(H,7,8). The van der Waals surface area contributed by atoms with Gasteiger partial charge >= 0.3 is 5.97 Å². The van der Waals surface area contributed by atoms with Crippen LogP contribution in [0.4, 0.5) is 0 Å². The zero-order chi connectivity index (χ0) is 7.65. The van der Waals surface area contributed by atoms with Crippen LogP contribution in [0.2, 0.25) is 0 Å². The van der Waals surface area contributed by atoms with Gasteiger partial charge in [0.25, 0.3) is 0 Å². The highest BCUT2D eigenvalue weighted by atomic mass is 31.2. The lowest BCUT2D eigenvalue weighted by molar-refractivity contribution is -0.136. The van der Waals surface area contributed by atoms with Crippen LogP contribution in [-0.4, -0.2) is 28.3 Å². The molecule has 2 atom stereocenters. The summed E-state index contributed by atoms with van der Waals surface area (Å²) in [4.78, 5) is 18.6. The lowest BCUT2D eigenvalue weighted by Crippen LogP contribution is -2.15. The summed E-state index contributed by atoms with van der Waals surface area (Å²) in [6.07, 6.45) is 0. The van der Waals surface area contributed by atoms with Crippen molar-refractivity contribution in [2.45, 2.75) is 12.6 Å². The summed E-state index contributed by atoms with van der Waals surface area (Å²) in [6.45, 7) is 2.24. The Labute approximate surface area is 53.0 Å². The molecular formula is C4H9O4P. The van der Waals surface area contributed by atoms with Crippen molar-refractivity contribution in [2.75, 3.05) is 6.66 Å². The van der Waals surface area contributed by atoms with Crippen molar-refractivity contribution in [2.24, 2.45) is 0 Å². The Morgan fingerprint density at radius 1 is 1.67 bits per heavy atom. The van der Waals surface area contributed by atoms with Crippen LogP contribution >= 0.6 is 7.37 Å². The minimum Gasteiger partial charge on any atom is -0.481 e. The topological polar surface area (TPSA) is 74.6 Å². The maximum atomic E-state index is 10.5. The van der Waals surface area contributed by atoms with Gasteiger partial charge in [-0.15, -0.1) is 0 Å². The summed E-state index contributed by atoms with van der Waals surface area (Å²) < 4.78 is 10.5. The molecule has 0 aromatic heterocycles. The number of aliphatic carboxylic acids is 1. The molecule has 2 unspecified atom stereocenters. The molecule has 0 aliphatic carbocycles. The van der Waals surface area contributed by atoms with Gasteiger partial charge in [-0.1, -0.05) is 0 Å². The van der Waals surface area contributed by atoms with E-state index >= 15 is 0 Å². The third kappa shape index (κ3) is 2.63. The molecule has 0 aromatic rings. The van der Waals surface area contributed by atoms with Crippen molar-refractivity contribution in [3.63, 3.8) is 0 Å². The largest absolute Gasteiger partial charge is 0.481 e. The molecule has 0 rings (SSSR count). The molecule has 0 aliphatic heterocycles. The van der Waals surface area contributed by atoms with E-state index in [1.807, 2.05) is 0 Å². The molecule has 0 radical (unpaired) electrons. The Kier molecular flexibility index (Phi) is 2.40. The van der Waals surface area contributed by atoms with Gasteiger partial charge in [0, 0.05) is 6.66 Å². The van der Waals surface area contributed by atoms with E-state index in [0.29, 0.717) is 0 Å². The molecule has 0 heterocycles. The molecule has 0 aromatic carbocycles. The first-order chi connectivity index (χ1) is 3.85. The van der Waals surface area contributed by atoms with E-state index < -0.39 is 19.0 Å². The minimum atomic E-state index is -3.41. The predicted octanol–water partition coefficient (Wildman–Crippen LogP) is 0.360. The van der Waals surface area contributed by atoms with E-state index in [0.717, 1.165) is 6.66 Å². The van der Waals surface area contributed by atoms with Crippen molar-refractivity contribution < 1.29 is 19.4 Å². The second kappa shape index (κ2) is 2.50. The lowest BCUT2D eigenvalue weighted by atomic mass is 10.5. The predicted molar refractivity (Wildman–Crippen MR) is 32.8 cm³/mol. The number of hydrogen-bond donors (Lipinski definition) is 2. The molecule has 5 heteroatoms. The maximum absolute atomic E-state index is 10.5. The summed E-state index contributed by atoms with van der Waals surface area (Å²) in [7, 11) is -3.41. The average molecular weight is 152 g/mol. The Bertz CT molecular complexity index is 158. The van der Waals surface area contributed by atoms with Crippen LogP contribution in [0, 0.1) is 0 Å². The SMILES string of the molecule is CC(C(=O)O)P(C)(=O)O. The summed E-state index contributed by atoms with van der Waals surface area (Å²) in [5, 5.41) is 8.19. The normalized spacial score (nSPS) is 20.3. The van der Waals surface area contributed by atoms with Gasteiger partial charge in [-0.25, -0.2) is 0 Å². The van der Waals surface area contributed by atoms with Crippen molar-refractivity contribution in [3.05, 3.63) is 0 Å². The molecule has 4 nitrogen and oxygen atoms in total. The summed E-state index contributed by atoms with van der Waals surface area (Å²) in [5.74, 6) is -1.23. The molecule has 54 valence electrons. The fourth-order valence-corrected chi connectivity index (χ4v) is 0.615. The fraction of sp³-hybridized carbons (Fsp3) is 0.750. The zero-order valence-electron chi connectivity index (χ0n) is 5.24. The van der Waals surface area contributed by atoms with E-state index in [1.165, 1.54) is 6.92 Å². The van der Waals surface area contributed by atoms with E-state index in [2.05, 4.69) is 0 Å². The average Bonchev–Trinajstić information content (AvgIpc) is 1.62. The molecule has 9 heavy (non-hydrogen) atoms. The van der Waals surface area contributed by atoms with Gasteiger partial charge in [0.2, 0.25) is 7.37 Å². The summed E-state index contributed by atoms with van der Waals surface area (Å²) >= 11 is 0. The third-order valence-corrected chi connectivity index (χ3v) is 2.73. The van der Waals surface area contributed by atoms with Crippen LogP contribution in [0.25, 0.3) is 0 Å². The smallest absolute Gasteiger partial charge is 0.316 e. The highest BCUT2D eigenvalue weighted by Gasteiger charge is 2.27. The first-order valence-electron chi connectivity index (χ1n) is 2.38. The van der Waals surface area contributed by atoms with Crippen molar-refractivity contribution >= 4 is 13.3 Å². The van der Waals surface area contributed by atoms with Gasteiger partial charge in [0.15, 0.2) is 0 Å². The minimum absolute atomic E-state index is 1.03. The molecule has 0 spiro atoms. The first kappa shape index (κ1) is 8.66. The van der Waals surface area contributed by atoms with Crippen LogP contribution in [0.5, 0.6) is 0 Å². The van der Waals surface area contributed by atoms with Gasteiger partial charge in [-0.3, -0.25) is 9.36 Å². The second-order valence-corrected chi connectivity index (χ2v) is 4.62. The van der Waals surface area contributed by atoms with E-state index in [1.54, 1.807) is 0 Å². The number of carboxylic acids is 1. The number of carbonyl (C=O) groups is 1. The fourth-order valence-electron chi connectivity index (χ4n) is 0.205. The van der Waals surface area contributed by atoms with Gasteiger partial charge in [0.1, 0.15) is 5.66 Å². The van der Waals surface area contributed by atoms with Gasteiger partial charge < -0.3 is 10.00 Å². The molecule has 0 aliphatic rings. The first-order valence-corrected chi connectivity index (χ1v) is 4.56. The van der Waals surface area contributed by atoms with Crippen LogP contribution in [0.15, 0.2) is 0 Å². The lowest BCUT2D eigenvalue weighted by Gasteiger charge is -2.08. The highest BCUT2D eigenvalue weighted by molar-refractivity contribution is 7.58. The molecule has 0 saturated carbocycles. The van der Waals surface area contributed by atoms with Gasteiger partial charge in [-0.2, -0.15) is 0 Å². The van der Waals surface area contributed by atoms with Crippen molar-refractivity contribution in [1.29, 1.82) is 0 Å². The monoisotopic (exact) mass is 152 g/mol. The number of rotatable bonds is 2. The molecule has 0 amide bonds. The zero-order valence-corrected chi connectivity index (χ0v) is 6.13. The maximum Gasteiger partial charge on any atom is 0.316 e. The summed E-state index contributed by atoms with van der Waals surface area (Å²) in [6, 6.07) is 0. The number of carboxylic acid groups (broad SMARTS) is 1. The Hall–Kier alpha value is -0.340. The molecule has 2 N–H and O–H groups in total. The van der Waals surface area contributed by atoms with E-state index in [4.69, 9.17) is 10.00 Å². The van der Waals surface area contributed by atoms with Crippen molar-refractivity contribution in [3.8, 4) is 0 Å². The van der Waals surface area contributed by atoms with Gasteiger partial charge in [0.05, 0.1) is 0 Å². The highest BCUT2D eigenvalue weighted by Crippen LogP contribution is 2.41. The quantitative estimate of drug-likeness (QED) is 0.560. The summed E-state index contributed by atoms with van der Waals surface area (Å²) in [5.41, 5.74) is -1.16. The van der Waals surface area contributed by atoms with Gasteiger partial charge in [-0.05, 0) is 6.92 Å². The Balaban J connectivity index is 4.23. The van der Waals surface area contributed by atoms with Crippen molar-refractivity contribution in [1.82, 2.24) is 0 Å². The molecule has 0 fully saturated rings. The second-order valence-electron chi connectivity index (χ2n) is 1.96. The van der Waals surface area contributed by atoms with Crippen LogP contribution < -0.4 is 0 Å². The Morgan fingerprint density at radius 3 is 2.00 bits per heavy atom. The van der Waals surface area contributed by atoms with E-state index in [-0.39, 0.29) is 0 Å². The van der Waals surface area contributed by atoms with Crippen LogP contribution in [0.1, 0.15) is 6.92 Å².